The van der Waals surface area contributed by atoms with Gasteiger partial charge in [-0.1, -0.05) is 0 Å². The maximum absolute atomic E-state index is 13.5. The van der Waals surface area contributed by atoms with Crippen molar-refractivity contribution in [2.24, 2.45) is 0 Å². The van der Waals surface area contributed by atoms with E-state index in [0.29, 0.717) is 18.4 Å². The number of carbonyl (C=O) groups is 1. The van der Waals surface area contributed by atoms with Crippen molar-refractivity contribution in [3.8, 4) is 0 Å². The fraction of sp³-hybridized carbons (Fsp3) is 0.611. The molecule has 0 aliphatic carbocycles. The first kappa shape index (κ1) is 25.9. The summed E-state index contributed by atoms with van der Waals surface area (Å²) in [6, 6.07) is 7.00. The van der Waals surface area contributed by atoms with Gasteiger partial charge in [0.1, 0.15) is 5.90 Å². The Balaban J connectivity index is 3.01. The third kappa shape index (κ3) is 7.91. The lowest BCUT2D eigenvalue weighted by Crippen LogP contribution is -2.34. The molecule has 0 fully saturated rings. The van der Waals surface area contributed by atoms with E-state index in [2.05, 4.69) is 0 Å². The molecule has 162 valence electrons. The largest absolute Gasteiger partial charge is 0.373 e. The molecule has 11 heteroatoms. The molecule has 0 aromatic heterocycles. The number of nitrogens with zero attached hydrogens (tertiary/aromatic N) is 2. The van der Waals surface area contributed by atoms with Crippen molar-refractivity contribution in [3.05, 3.63) is 24.3 Å². The van der Waals surface area contributed by atoms with Gasteiger partial charge in [0, 0.05) is 38.2 Å². The Kier molecular flexibility index (Phi) is 10.7. The highest BCUT2D eigenvalue weighted by atomic mass is 31.2. The van der Waals surface area contributed by atoms with E-state index < -0.39 is 20.8 Å². The van der Waals surface area contributed by atoms with E-state index in [9.17, 15) is 13.9 Å². The van der Waals surface area contributed by atoms with Gasteiger partial charge in [-0.15, -0.1) is 0 Å². The van der Waals surface area contributed by atoms with Crippen LogP contribution in [0.25, 0.3) is 0 Å². The van der Waals surface area contributed by atoms with Crippen LogP contribution < -0.4 is 10.2 Å². The Morgan fingerprint density at radius 3 is 1.90 bits per heavy atom. The van der Waals surface area contributed by atoms with Crippen LogP contribution in [0.15, 0.2) is 24.3 Å². The number of benzene rings is 1. The van der Waals surface area contributed by atoms with Gasteiger partial charge in [0.25, 0.3) is 0 Å². The summed E-state index contributed by atoms with van der Waals surface area (Å²) in [6.07, 6.45) is 0. The number of rotatable bonds is 13. The molecule has 0 aliphatic heterocycles. The molecule has 8 nitrogen and oxygen atoms in total. The monoisotopic (exact) mass is 444 g/mol. The standard InChI is InChI=1S/C18H31BN2O6P2/c1-6-25-28(23,15-29(24,26-7-2)27-8-3)17-11-9-16(10-12-17)20(4)13-14-21(5)18(19)22/h9-12H,6-8,13-15H2,1-5H3. The van der Waals surface area contributed by atoms with Crippen LogP contribution in [-0.4, -0.2) is 71.5 Å². The molecule has 1 amide bonds. The van der Waals surface area contributed by atoms with Crippen molar-refractivity contribution >= 4 is 39.6 Å². The first-order chi connectivity index (χ1) is 13.6. The summed E-state index contributed by atoms with van der Waals surface area (Å²) in [5, 5.41) is 0.449. The van der Waals surface area contributed by atoms with Gasteiger partial charge >= 0.3 is 7.60 Å². The van der Waals surface area contributed by atoms with E-state index in [1.807, 2.05) is 11.9 Å². The Bertz CT molecular complexity index is 736. The number of hydrogen-bond donors (Lipinski definition) is 0. The Hall–Kier alpha value is -1.11. The van der Waals surface area contributed by atoms with E-state index in [0.717, 1.165) is 5.69 Å². The van der Waals surface area contributed by atoms with Gasteiger partial charge in [0.15, 0.2) is 5.81 Å². The molecule has 0 bridgehead atoms. The van der Waals surface area contributed by atoms with Gasteiger partial charge < -0.3 is 23.4 Å². The number of likely N-dealkylation sites (N-methyl/N-ethyl adjacent to an activating group) is 2. The van der Waals surface area contributed by atoms with Crippen molar-refractivity contribution < 1.29 is 27.5 Å². The summed E-state index contributed by atoms with van der Waals surface area (Å²) in [6.45, 7) is 6.77. The first-order valence-electron chi connectivity index (χ1n) is 9.54. The van der Waals surface area contributed by atoms with Crippen LogP contribution in [0.2, 0.25) is 0 Å². The van der Waals surface area contributed by atoms with Gasteiger partial charge in [-0.25, -0.2) is 0 Å². The smallest absolute Gasteiger partial charge is 0.340 e. The Morgan fingerprint density at radius 2 is 1.45 bits per heavy atom. The highest BCUT2D eigenvalue weighted by Crippen LogP contribution is 2.62. The van der Waals surface area contributed by atoms with Crippen molar-refractivity contribution in [2.75, 3.05) is 57.8 Å². The van der Waals surface area contributed by atoms with Crippen LogP contribution >= 0.6 is 15.0 Å². The molecule has 0 N–H and O–H groups in total. The van der Waals surface area contributed by atoms with Crippen LogP contribution in [-0.2, 0) is 22.7 Å². The summed E-state index contributed by atoms with van der Waals surface area (Å²) < 4.78 is 42.6. The summed E-state index contributed by atoms with van der Waals surface area (Å²) >= 11 is 0. The number of amides is 1. The quantitative estimate of drug-likeness (QED) is 0.340. The molecule has 1 atom stereocenters. The number of anilines is 1. The lowest BCUT2D eigenvalue weighted by molar-refractivity contribution is 0.222. The average molecular weight is 444 g/mol. The summed E-state index contributed by atoms with van der Waals surface area (Å²) in [4.78, 5) is 14.5. The molecule has 1 rings (SSSR count). The third-order valence-electron chi connectivity index (χ3n) is 4.18. The van der Waals surface area contributed by atoms with Crippen LogP contribution in [0.1, 0.15) is 20.8 Å². The molecule has 0 saturated carbocycles. The second-order valence-corrected chi connectivity index (χ2v) is 11.4. The minimum Gasteiger partial charge on any atom is -0.373 e. The summed E-state index contributed by atoms with van der Waals surface area (Å²) in [7, 11) is 1.75. The van der Waals surface area contributed by atoms with E-state index >= 15 is 0 Å². The van der Waals surface area contributed by atoms with Gasteiger partial charge in [-0.05, 0) is 45.0 Å². The second kappa shape index (κ2) is 11.9. The lowest BCUT2D eigenvalue weighted by Gasteiger charge is -2.25. The zero-order chi connectivity index (χ0) is 22.1. The number of hydrogen-bond acceptors (Lipinski definition) is 7. The molecular formula is C18H31BN2O6P2. The predicted octanol–water partition coefficient (Wildman–Crippen LogP) is 3.51. The summed E-state index contributed by atoms with van der Waals surface area (Å²) in [5.41, 5.74) is 0.868. The molecule has 1 aromatic rings. The molecule has 0 saturated heterocycles. The highest BCUT2D eigenvalue weighted by molar-refractivity contribution is 7.78. The van der Waals surface area contributed by atoms with Crippen molar-refractivity contribution in [3.63, 3.8) is 0 Å². The lowest BCUT2D eigenvalue weighted by atomic mass is 10.1. The average Bonchev–Trinajstić information content (AvgIpc) is 2.66. The Labute approximate surface area is 175 Å². The fourth-order valence-electron chi connectivity index (χ4n) is 2.62. The maximum atomic E-state index is 13.5. The van der Waals surface area contributed by atoms with Crippen LogP contribution in [0.5, 0.6) is 0 Å². The maximum Gasteiger partial charge on any atom is 0.340 e. The van der Waals surface area contributed by atoms with E-state index in [-0.39, 0.29) is 25.7 Å². The minimum atomic E-state index is -3.55. The van der Waals surface area contributed by atoms with E-state index in [1.54, 1.807) is 52.1 Å². The Morgan fingerprint density at radius 1 is 0.931 bits per heavy atom. The van der Waals surface area contributed by atoms with Gasteiger partial charge in [0.05, 0.1) is 19.8 Å². The molecule has 2 radical (unpaired) electrons. The molecule has 0 heterocycles. The molecule has 0 spiro atoms. The molecular weight excluding hydrogens is 413 g/mol. The second-order valence-electron chi connectivity index (χ2n) is 6.38. The summed E-state index contributed by atoms with van der Waals surface area (Å²) in [5.74, 6) is -0.798. The van der Waals surface area contributed by atoms with Gasteiger partial charge in [-0.2, -0.15) is 0 Å². The van der Waals surface area contributed by atoms with Crippen molar-refractivity contribution in [2.45, 2.75) is 20.8 Å². The molecule has 1 aromatic carbocycles. The van der Waals surface area contributed by atoms with Gasteiger partial charge in [-0.3, -0.25) is 13.9 Å². The molecule has 0 aliphatic rings. The zero-order valence-electron chi connectivity index (χ0n) is 17.9. The molecule has 29 heavy (non-hydrogen) atoms. The van der Waals surface area contributed by atoms with Crippen LogP contribution in [0.4, 0.5) is 10.5 Å². The number of carbonyl (C=O) groups excluding carboxylic acids is 1. The van der Waals surface area contributed by atoms with Crippen LogP contribution in [0.3, 0.4) is 0 Å². The van der Waals surface area contributed by atoms with Crippen LogP contribution in [0, 0.1) is 0 Å². The van der Waals surface area contributed by atoms with Crippen molar-refractivity contribution in [1.29, 1.82) is 0 Å². The SMILES string of the molecule is [B]C(=O)N(C)CCN(C)c1ccc(P(=O)(CP(=O)(OCC)OCC)OCC)cc1. The first-order valence-corrected chi connectivity index (χ1v) is 13.1. The van der Waals surface area contributed by atoms with Crippen molar-refractivity contribution in [1.82, 2.24) is 4.90 Å². The fourth-order valence-corrected chi connectivity index (χ4v) is 8.11. The minimum absolute atomic E-state index is 0.187. The topological polar surface area (TPSA) is 85.4 Å². The van der Waals surface area contributed by atoms with E-state index in [4.69, 9.17) is 21.4 Å². The normalized spacial score (nSPS) is 13.7. The van der Waals surface area contributed by atoms with E-state index in [1.165, 1.54) is 4.90 Å². The molecule has 1 unspecified atom stereocenters. The predicted molar refractivity (Wildman–Crippen MR) is 118 cm³/mol. The highest BCUT2D eigenvalue weighted by Gasteiger charge is 2.38. The zero-order valence-corrected chi connectivity index (χ0v) is 19.7. The van der Waals surface area contributed by atoms with Gasteiger partial charge in [0.2, 0.25) is 15.2 Å². The third-order valence-corrected chi connectivity index (χ3v) is 10.1.